The Balaban J connectivity index is 1.86. The maximum atomic E-state index is 12.3. The van der Waals surface area contributed by atoms with Crippen LogP contribution >= 0.6 is 23.2 Å². The van der Waals surface area contributed by atoms with E-state index in [2.05, 4.69) is 15.8 Å². The van der Waals surface area contributed by atoms with Crippen molar-refractivity contribution in [1.29, 1.82) is 0 Å². The van der Waals surface area contributed by atoms with Gasteiger partial charge in [0.2, 0.25) is 5.91 Å². The highest BCUT2D eigenvalue weighted by atomic mass is 35.5. The van der Waals surface area contributed by atoms with Gasteiger partial charge in [-0.25, -0.2) is 5.43 Å². The molecule has 2 aromatic carbocycles. The number of methoxy groups -OCH3 is 2. The zero-order chi connectivity index (χ0) is 22.1. The Hall–Kier alpha value is -2.97. The molecule has 0 unspecified atom stereocenters. The smallest absolute Gasteiger partial charge is 0.277 e. The number of ether oxygens (including phenoxy) is 3. The van der Waals surface area contributed by atoms with E-state index in [1.165, 1.54) is 20.3 Å². The van der Waals surface area contributed by atoms with Crippen LogP contribution in [0.4, 0.5) is 5.69 Å². The number of anilines is 1. The van der Waals surface area contributed by atoms with Gasteiger partial charge in [0.25, 0.3) is 5.91 Å². The highest BCUT2D eigenvalue weighted by Gasteiger charge is 2.13. The van der Waals surface area contributed by atoms with Gasteiger partial charge in [0.15, 0.2) is 6.61 Å². The summed E-state index contributed by atoms with van der Waals surface area (Å²) < 4.78 is 15.7. The Labute approximate surface area is 184 Å². The van der Waals surface area contributed by atoms with Gasteiger partial charge in [0.1, 0.15) is 17.2 Å². The minimum atomic E-state index is -0.464. The number of hydrazone groups is 1. The molecular weight excluding hydrogens is 433 g/mol. The van der Waals surface area contributed by atoms with E-state index >= 15 is 0 Å². The van der Waals surface area contributed by atoms with Crippen molar-refractivity contribution in [2.24, 2.45) is 5.10 Å². The molecule has 0 saturated carbocycles. The molecule has 2 N–H and O–H groups in total. The molecule has 2 amide bonds. The maximum Gasteiger partial charge on any atom is 0.277 e. The summed E-state index contributed by atoms with van der Waals surface area (Å²) in [5.41, 5.74) is 3.13. The molecule has 0 fully saturated rings. The minimum absolute atomic E-state index is 0.0492. The number of halogens is 2. The lowest BCUT2D eigenvalue weighted by Gasteiger charge is -2.13. The summed E-state index contributed by atoms with van der Waals surface area (Å²) in [6.07, 6.45) is -0.0492. The largest absolute Gasteiger partial charge is 0.495 e. The van der Waals surface area contributed by atoms with Crippen molar-refractivity contribution in [2.75, 3.05) is 26.1 Å². The van der Waals surface area contributed by atoms with E-state index in [0.29, 0.717) is 38.7 Å². The second kappa shape index (κ2) is 11.3. The van der Waals surface area contributed by atoms with Crippen LogP contribution in [0.1, 0.15) is 13.3 Å². The number of benzene rings is 2. The maximum absolute atomic E-state index is 12.3. The fourth-order valence-electron chi connectivity index (χ4n) is 2.29. The number of carbonyl (C=O) groups is 2. The molecule has 0 aliphatic rings. The second-order valence-corrected chi connectivity index (χ2v) is 6.88. The third-order valence-electron chi connectivity index (χ3n) is 3.72. The first kappa shape index (κ1) is 23.3. The lowest BCUT2D eigenvalue weighted by atomic mass is 10.2. The van der Waals surface area contributed by atoms with E-state index in [1.54, 1.807) is 37.3 Å². The molecular formula is C20H21Cl2N3O5. The average Bonchev–Trinajstić information content (AvgIpc) is 2.72. The molecule has 8 nitrogen and oxygen atoms in total. The van der Waals surface area contributed by atoms with Crippen LogP contribution in [-0.2, 0) is 9.59 Å². The molecule has 0 saturated heterocycles. The molecule has 0 aliphatic heterocycles. The molecule has 0 bridgehead atoms. The molecule has 0 atom stereocenters. The molecule has 0 spiro atoms. The summed E-state index contributed by atoms with van der Waals surface area (Å²) in [6, 6.07) is 9.70. The van der Waals surface area contributed by atoms with Crippen molar-refractivity contribution < 1.29 is 23.8 Å². The number of nitrogens with one attached hydrogen (secondary N) is 2. The summed E-state index contributed by atoms with van der Waals surface area (Å²) in [7, 11) is 2.93. The molecule has 0 aromatic heterocycles. The van der Waals surface area contributed by atoms with Gasteiger partial charge in [0, 0.05) is 22.9 Å². The first-order valence-corrected chi connectivity index (χ1v) is 9.49. The quantitative estimate of drug-likeness (QED) is 0.442. The third kappa shape index (κ3) is 7.13. The monoisotopic (exact) mass is 453 g/mol. The highest BCUT2D eigenvalue weighted by Crippen LogP contribution is 2.35. The van der Waals surface area contributed by atoms with Crippen LogP contribution in [0.25, 0.3) is 0 Å². The third-order valence-corrected chi connectivity index (χ3v) is 4.27. The standard InChI is InChI=1S/C20H21Cl2N3O5/c1-12(24-25-20(27)11-30-14-6-4-13(21)5-7-14)8-19(26)23-16-10-17(28-2)15(22)9-18(16)29-3/h4-7,9-10H,8,11H2,1-3H3,(H,23,26)(H,25,27)/b24-12-. The van der Waals surface area contributed by atoms with Crippen molar-refractivity contribution in [3.8, 4) is 17.2 Å². The lowest BCUT2D eigenvalue weighted by Crippen LogP contribution is -2.26. The van der Waals surface area contributed by atoms with Crippen LogP contribution in [0.5, 0.6) is 17.2 Å². The van der Waals surface area contributed by atoms with Crippen LogP contribution < -0.4 is 25.0 Å². The first-order valence-electron chi connectivity index (χ1n) is 8.74. The van der Waals surface area contributed by atoms with Crippen LogP contribution in [0.3, 0.4) is 0 Å². The topological polar surface area (TPSA) is 98.2 Å². The second-order valence-electron chi connectivity index (χ2n) is 6.04. The fraction of sp³-hybridized carbons (Fsp3) is 0.250. The molecule has 160 valence electrons. The van der Waals surface area contributed by atoms with Gasteiger partial charge in [-0.2, -0.15) is 5.10 Å². The van der Waals surface area contributed by atoms with Gasteiger partial charge >= 0.3 is 0 Å². The van der Waals surface area contributed by atoms with Crippen LogP contribution in [-0.4, -0.2) is 38.4 Å². The van der Waals surface area contributed by atoms with Crippen molar-refractivity contribution >= 4 is 46.4 Å². The number of amides is 2. The van der Waals surface area contributed by atoms with E-state index in [4.69, 9.17) is 37.4 Å². The van der Waals surface area contributed by atoms with Gasteiger partial charge in [0.05, 0.1) is 31.4 Å². The molecule has 0 aliphatic carbocycles. The molecule has 30 heavy (non-hydrogen) atoms. The summed E-state index contributed by atoms with van der Waals surface area (Å²) in [5.74, 6) is 0.462. The SMILES string of the molecule is COc1cc(NC(=O)C/C(C)=N\NC(=O)COc2ccc(Cl)cc2)c(OC)cc1Cl. The Bertz CT molecular complexity index is 933. The van der Waals surface area contributed by atoms with Gasteiger partial charge in [-0.05, 0) is 31.2 Å². The van der Waals surface area contributed by atoms with Crippen LogP contribution in [0, 0.1) is 0 Å². The van der Waals surface area contributed by atoms with Gasteiger partial charge in [-0.3, -0.25) is 9.59 Å². The van der Waals surface area contributed by atoms with Crippen molar-refractivity contribution in [3.05, 3.63) is 46.4 Å². The number of rotatable bonds is 9. The lowest BCUT2D eigenvalue weighted by molar-refractivity contribution is -0.123. The number of hydrogen-bond donors (Lipinski definition) is 2. The highest BCUT2D eigenvalue weighted by molar-refractivity contribution is 6.32. The fourth-order valence-corrected chi connectivity index (χ4v) is 2.65. The van der Waals surface area contributed by atoms with E-state index < -0.39 is 5.91 Å². The predicted molar refractivity (Wildman–Crippen MR) is 116 cm³/mol. The zero-order valence-electron chi connectivity index (χ0n) is 16.6. The summed E-state index contributed by atoms with van der Waals surface area (Å²) in [4.78, 5) is 24.1. The van der Waals surface area contributed by atoms with Crippen LogP contribution in [0.15, 0.2) is 41.5 Å². The van der Waals surface area contributed by atoms with Crippen LogP contribution in [0.2, 0.25) is 10.0 Å². The molecule has 0 heterocycles. The summed E-state index contributed by atoms with van der Waals surface area (Å²) in [6.45, 7) is 1.38. The molecule has 10 heteroatoms. The summed E-state index contributed by atoms with van der Waals surface area (Å²) in [5, 5.41) is 7.53. The Morgan fingerprint density at radius 1 is 1.00 bits per heavy atom. The molecule has 0 radical (unpaired) electrons. The first-order chi connectivity index (χ1) is 14.3. The van der Waals surface area contributed by atoms with Gasteiger partial charge in [-0.15, -0.1) is 0 Å². The van der Waals surface area contributed by atoms with E-state index in [9.17, 15) is 9.59 Å². The van der Waals surface area contributed by atoms with Gasteiger partial charge in [-0.1, -0.05) is 23.2 Å². The number of nitrogens with zero attached hydrogens (tertiary/aromatic N) is 1. The normalized spacial score (nSPS) is 10.9. The zero-order valence-corrected chi connectivity index (χ0v) is 18.1. The van der Waals surface area contributed by atoms with E-state index in [0.717, 1.165) is 0 Å². The molecule has 2 aromatic rings. The van der Waals surface area contributed by atoms with E-state index in [1.807, 2.05) is 0 Å². The summed E-state index contributed by atoms with van der Waals surface area (Å²) >= 11 is 11.8. The minimum Gasteiger partial charge on any atom is -0.495 e. The van der Waals surface area contributed by atoms with Crippen molar-refractivity contribution in [1.82, 2.24) is 5.43 Å². The van der Waals surface area contributed by atoms with Gasteiger partial charge < -0.3 is 19.5 Å². The van der Waals surface area contributed by atoms with Crippen molar-refractivity contribution in [2.45, 2.75) is 13.3 Å². The van der Waals surface area contributed by atoms with E-state index in [-0.39, 0.29) is 18.9 Å². The number of carbonyl (C=O) groups excluding carboxylic acids is 2. The Morgan fingerprint density at radius 2 is 1.67 bits per heavy atom. The van der Waals surface area contributed by atoms with Crippen molar-refractivity contribution in [3.63, 3.8) is 0 Å². The Kier molecular flexibility index (Phi) is 8.76. The average molecular weight is 454 g/mol. The molecule has 2 rings (SSSR count). The number of hydrogen-bond acceptors (Lipinski definition) is 6. The predicted octanol–water partition coefficient (Wildman–Crippen LogP) is 3.91. The Morgan fingerprint density at radius 3 is 2.30 bits per heavy atom.